The van der Waals surface area contributed by atoms with Crippen molar-refractivity contribution in [3.8, 4) is 11.8 Å². The molecule has 1 aromatic rings. The summed E-state index contributed by atoms with van der Waals surface area (Å²) in [5.41, 5.74) is 0.415. The number of hydrogen-bond donors (Lipinski definition) is 0. The molecule has 0 aromatic heterocycles. The van der Waals surface area contributed by atoms with E-state index in [0.29, 0.717) is 30.1 Å². The van der Waals surface area contributed by atoms with E-state index in [2.05, 4.69) is 0 Å². The number of carbonyl (C=O) groups is 1. The van der Waals surface area contributed by atoms with Gasteiger partial charge in [-0.15, -0.1) is 0 Å². The van der Waals surface area contributed by atoms with Gasteiger partial charge in [-0.1, -0.05) is 29.3 Å². The Bertz CT molecular complexity index is 506. The molecule has 0 unspecified atom stereocenters. The second-order valence-corrected chi connectivity index (χ2v) is 5.03. The number of aldehydes is 1. The number of ether oxygens (including phenoxy) is 1. The van der Waals surface area contributed by atoms with Crippen molar-refractivity contribution in [1.82, 2.24) is 0 Å². The smallest absolute Gasteiger partial charge is 0.141 e. The minimum Gasteiger partial charge on any atom is -0.492 e. The summed E-state index contributed by atoms with van der Waals surface area (Å²) in [5, 5.41) is 9.31. The molecule has 0 spiro atoms. The zero-order valence-electron chi connectivity index (χ0n) is 9.53. The van der Waals surface area contributed by atoms with Crippen molar-refractivity contribution in [2.45, 2.75) is 18.8 Å². The summed E-state index contributed by atoms with van der Waals surface area (Å²) in [4.78, 5) is 10.8. The number of hydrogen-bond acceptors (Lipinski definition) is 3. The summed E-state index contributed by atoms with van der Waals surface area (Å²) in [6.07, 6.45) is 2.92. The van der Waals surface area contributed by atoms with Crippen LogP contribution >= 0.6 is 23.2 Å². The summed E-state index contributed by atoms with van der Waals surface area (Å²) in [7, 11) is 0. The summed E-state index contributed by atoms with van der Waals surface area (Å²) >= 11 is 12.1. The monoisotopic (exact) mass is 283 g/mol. The zero-order valence-corrected chi connectivity index (χ0v) is 11.0. The lowest BCUT2D eigenvalue weighted by Crippen LogP contribution is -2.02. The Labute approximate surface area is 115 Å². The van der Waals surface area contributed by atoms with Crippen LogP contribution in [0.2, 0.25) is 10.0 Å². The summed E-state index contributed by atoms with van der Waals surface area (Å²) in [6.45, 7) is 0.630. The van der Waals surface area contributed by atoms with Gasteiger partial charge in [-0.2, -0.15) is 5.26 Å². The zero-order chi connectivity index (χ0) is 13.1. The lowest BCUT2D eigenvalue weighted by molar-refractivity contribution is -0.108. The number of halogens is 2. The van der Waals surface area contributed by atoms with E-state index in [0.717, 1.165) is 0 Å². The van der Waals surface area contributed by atoms with Crippen molar-refractivity contribution in [3.63, 3.8) is 0 Å². The van der Waals surface area contributed by atoms with E-state index in [1.807, 2.05) is 6.07 Å². The molecule has 1 aliphatic carbocycles. The van der Waals surface area contributed by atoms with Gasteiger partial charge in [-0.3, -0.25) is 0 Å². The molecule has 1 atom stereocenters. The van der Waals surface area contributed by atoms with Crippen molar-refractivity contribution in [2.75, 3.05) is 6.61 Å². The van der Waals surface area contributed by atoms with Crippen LogP contribution in [-0.4, -0.2) is 12.9 Å². The number of nitriles is 1. The van der Waals surface area contributed by atoms with E-state index >= 15 is 0 Å². The maximum Gasteiger partial charge on any atom is 0.141 e. The highest BCUT2D eigenvalue weighted by molar-refractivity contribution is 6.43. The predicted octanol–water partition coefficient (Wildman–Crippen LogP) is 3.59. The molecule has 1 saturated carbocycles. The highest BCUT2D eigenvalue weighted by atomic mass is 35.5. The third-order valence-electron chi connectivity index (χ3n) is 2.86. The molecule has 94 valence electrons. The highest BCUT2D eigenvalue weighted by Crippen LogP contribution is 2.38. The minimum absolute atomic E-state index is 0.212. The number of benzene rings is 1. The minimum atomic E-state index is -0.896. The molecule has 0 heterocycles. The first-order valence-electron chi connectivity index (χ1n) is 5.63. The van der Waals surface area contributed by atoms with Gasteiger partial charge in [0.15, 0.2) is 0 Å². The second kappa shape index (κ2) is 5.60. The number of rotatable bonds is 5. The molecule has 1 aromatic carbocycles. The van der Waals surface area contributed by atoms with Gasteiger partial charge in [0.25, 0.3) is 0 Å². The van der Waals surface area contributed by atoms with Gasteiger partial charge in [-0.25, -0.2) is 0 Å². The molecule has 2 rings (SSSR count). The van der Waals surface area contributed by atoms with E-state index in [9.17, 15) is 4.79 Å². The fourth-order valence-electron chi connectivity index (χ4n) is 1.56. The molecule has 0 bridgehead atoms. The third-order valence-corrected chi connectivity index (χ3v) is 3.74. The van der Waals surface area contributed by atoms with E-state index in [1.165, 1.54) is 12.8 Å². The van der Waals surface area contributed by atoms with E-state index in [4.69, 9.17) is 33.2 Å². The van der Waals surface area contributed by atoms with Crippen LogP contribution in [0.1, 0.15) is 24.3 Å². The average molecular weight is 284 g/mol. The van der Waals surface area contributed by atoms with Gasteiger partial charge >= 0.3 is 0 Å². The molecule has 1 fully saturated rings. The van der Waals surface area contributed by atoms with Crippen LogP contribution in [0.25, 0.3) is 0 Å². The Morgan fingerprint density at radius 3 is 2.72 bits per heavy atom. The van der Waals surface area contributed by atoms with Gasteiger partial charge in [0, 0.05) is 0 Å². The number of nitrogens with zero attached hydrogens (tertiary/aromatic N) is 1. The Hall–Kier alpha value is -1.24. The lowest BCUT2D eigenvalue weighted by atomic mass is 10.0. The van der Waals surface area contributed by atoms with Crippen molar-refractivity contribution in [3.05, 3.63) is 27.7 Å². The fourth-order valence-corrected chi connectivity index (χ4v) is 2.06. The van der Waals surface area contributed by atoms with Gasteiger partial charge < -0.3 is 9.53 Å². The van der Waals surface area contributed by atoms with Crippen molar-refractivity contribution in [2.24, 2.45) is 5.92 Å². The Kier molecular flexibility index (Phi) is 4.11. The summed E-state index contributed by atoms with van der Waals surface area (Å²) in [5.74, 6) is 0.216. The van der Waals surface area contributed by atoms with Crippen LogP contribution in [0.3, 0.4) is 0 Å². The molecule has 5 heteroatoms. The maximum absolute atomic E-state index is 10.8. The number of carbonyl (C=O) groups excluding carboxylic acids is 1. The van der Waals surface area contributed by atoms with Crippen molar-refractivity contribution < 1.29 is 9.53 Å². The van der Waals surface area contributed by atoms with Crippen molar-refractivity contribution >= 4 is 29.5 Å². The topological polar surface area (TPSA) is 50.1 Å². The van der Waals surface area contributed by atoms with Gasteiger partial charge in [-0.05, 0) is 30.4 Å². The van der Waals surface area contributed by atoms with Gasteiger partial charge in [0.05, 0.1) is 17.7 Å². The molecule has 18 heavy (non-hydrogen) atoms. The van der Waals surface area contributed by atoms with Crippen LogP contribution in [0.4, 0.5) is 0 Å². The molecular formula is C13H11Cl2NO2. The van der Waals surface area contributed by atoms with Gasteiger partial charge in [0.1, 0.15) is 23.0 Å². The fraction of sp³-hybridized carbons (Fsp3) is 0.385. The van der Waals surface area contributed by atoms with Crippen LogP contribution in [-0.2, 0) is 4.79 Å². The van der Waals surface area contributed by atoms with E-state index in [-0.39, 0.29) is 10.0 Å². The average Bonchev–Trinajstić information content (AvgIpc) is 3.19. The van der Waals surface area contributed by atoms with Crippen LogP contribution in [0.5, 0.6) is 5.75 Å². The SMILES string of the molecule is N#C[C@@H](C=O)c1ccc(OCC2CC2)c(Cl)c1Cl. The molecule has 3 nitrogen and oxygen atoms in total. The largest absolute Gasteiger partial charge is 0.492 e. The lowest BCUT2D eigenvalue weighted by Gasteiger charge is -2.12. The molecule has 0 aliphatic heterocycles. The van der Waals surface area contributed by atoms with Crippen molar-refractivity contribution in [1.29, 1.82) is 5.26 Å². The molecular weight excluding hydrogens is 273 g/mol. The molecule has 0 radical (unpaired) electrons. The Morgan fingerprint density at radius 1 is 1.44 bits per heavy atom. The maximum atomic E-state index is 10.8. The first kappa shape index (κ1) is 13.2. The Balaban J connectivity index is 2.22. The molecule has 0 saturated heterocycles. The van der Waals surface area contributed by atoms with Crippen LogP contribution in [0, 0.1) is 17.2 Å². The molecule has 0 amide bonds. The van der Waals surface area contributed by atoms with Crippen LogP contribution in [0.15, 0.2) is 12.1 Å². The first-order valence-corrected chi connectivity index (χ1v) is 6.38. The molecule has 0 N–H and O–H groups in total. The Morgan fingerprint density at radius 2 is 2.17 bits per heavy atom. The molecule has 1 aliphatic rings. The van der Waals surface area contributed by atoms with Crippen LogP contribution < -0.4 is 4.74 Å². The normalized spacial score (nSPS) is 15.8. The highest BCUT2D eigenvalue weighted by Gasteiger charge is 2.23. The van der Waals surface area contributed by atoms with E-state index < -0.39 is 5.92 Å². The third kappa shape index (κ3) is 2.77. The summed E-state index contributed by atoms with van der Waals surface area (Å²) < 4.78 is 5.56. The van der Waals surface area contributed by atoms with E-state index in [1.54, 1.807) is 12.1 Å². The predicted molar refractivity (Wildman–Crippen MR) is 69.1 cm³/mol. The summed E-state index contributed by atoms with van der Waals surface area (Å²) in [6, 6.07) is 5.13. The first-order chi connectivity index (χ1) is 8.67. The standard InChI is InChI=1S/C13H11Cl2NO2/c14-12-10(9(5-16)6-17)3-4-11(13(12)15)18-7-8-1-2-8/h3-4,6,8-9H,1-2,7H2/t9-/m0/s1. The quantitative estimate of drug-likeness (QED) is 0.776. The van der Waals surface area contributed by atoms with Gasteiger partial charge in [0.2, 0.25) is 0 Å². The second-order valence-electron chi connectivity index (χ2n) is 4.28.